The van der Waals surface area contributed by atoms with Gasteiger partial charge in [0.05, 0.1) is 12.1 Å². The van der Waals surface area contributed by atoms with Crippen molar-refractivity contribution in [3.63, 3.8) is 0 Å². The Morgan fingerprint density at radius 2 is 2.08 bits per heavy atom. The Bertz CT molecular complexity index is 426. The Kier molecular flexibility index (Phi) is 7.79. The van der Waals surface area contributed by atoms with Crippen LogP contribution in [0.15, 0.2) is 4.99 Å². The lowest BCUT2D eigenvalue weighted by atomic mass is 10.0. The van der Waals surface area contributed by atoms with E-state index < -0.39 is 5.60 Å². The summed E-state index contributed by atoms with van der Waals surface area (Å²) in [6.07, 6.45) is 1.81. The third kappa shape index (κ3) is 7.86. The minimum atomic E-state index is -0.480. The van der Waals surface area contributed by atoms with Gasteiger partial charge in [-0.3, -0.25) is 4.99 Å². The van der Waals surface area contributed by atoms with Gasteiger partial charge in [-0.1, -0.05) is 0 Å². The molecule has 0 aromatic heterocycles. The van der Waals surface area contributed by atoms with Crippen LogP contribution in [0.2, 0.25) is 0 Å². The number of hydrogen-bond donors (Lipinski definition) is 2. The molecule has 24 heavy (non-hydrogen) atoms. The number of amides is 1. The molecule has 1 saturated heterocycles. The first kappa shape index (κ1) is 20.5. The molecule has 140 valence electrons. The van der Waals surface area contributed by atoms with Crippen LogP contribution in [0.25, 0.3) is 0 Å². The number of rotatable bonds is 6. The molecule has 1 unspecified atom stereocenters. The average Bonchev–Trinajstić information content (AvgIpc) is 2.90. The number of likely N-dealkylation sites (N-methyl/N-ethyl adjacent to an activating group) is 1. The molecular formula is C17H34N4O3. The maximum absolute atomic E-state index is 11.9. The number of nitrogens with one attached hydrogen (secondary N) is 2. The van der Waals surface area contributed by atoms with Crippen molar-refractivity contribution in [1.29, 1.82) is 0 Å². The molecule has 0 aliphatic carbocycles. The van der Waals surface area contributed by atoms with Gasteiger partial charge in [0, 0.05) is 33.3 Å². The summed E-state index contributed by atoms with van der Waals surface area (Å²) in [6, 6.07) is 0. The topological polar surface area (TPSA) is 75.2 Å². The van der Waals surface area contributed by atoms with E-state index in [0.717, 1.165) is 32.0 Å². The highest BCUT2D eigenvalue weighted by Crippen LogP contribution is 2.24. The van der Waals surface area contributed by atoms with Crippen molar-refractivity contribution in [3.8, 4) is 0 Å². The van der Waals surface area contributed by atoms with Crippen molar-refractivity contribution < 1.29 is 14.3 Å². The van der Waals surface area contributed by atoms with Gasteiger partial charge in [-0.15, -0.1) is 0 Å². The number of aliphatic imine (C=N–C) groups is 1. The molecule has 1 heterocycles. The van der Waals surface area contributed by atoms with Gasteiger partial charge in [0.1, 0.15) is 5.60 Å². The molecule has 1 fully saturated rings. The van der Waals surface area contributed by atoms with Crippen LogP contribution < -0.4 is 10.6 Å². The van der Waals surface area contributed by atoms with E-state index in [1.807, 2.05) is 27.7 Å². The van der Waals surface area contributed by atoms with Gasteiger partial charge in [0.2, 0.25) is 0 Å². The highest BCUT2D eigenvalue weighted by atomic mass is 16.6. The molecule has 1 rings (SSSR count). The number of carbonyl (C=O) groups excluding carboxylic acids is 1. The van der Waals surface area contributed by atoms with Crippen molar-refractivity contribution in [3.05, 3.63) is 0 Å². The van der Waals surface area contributed by atoms with Crippen molar-refractivity contribution >= 4 is 12.1 Å². The largest absolute Gasteiger partial charge is 0.444 e. The van der Waals surface area contributed by atoms with Gasteiger partial charge in [0.25, 0.3) is 0 Å². The van der Waals surface area contributed by atoms with E-state index in [4.69, 9.17) is 9.47 Å². The van der Waals surface area contributed by atoms with Crippen LogP contribution >= 0.6 is 0 Å². The molecule has 0 bridgehead atoms. The summed E-state index contributed by atoms with van der Waals surface area (Å²) < 4.78 is 11.1. The van der Waals surface area contributed by atoms with Crippen molar-refractivity contribution in [2.75, 3.05) is 39.8 Å². The van der Waals surface area contributed by atoms with Crippen molar-refractivity contribution in [1.82, 2.24) is 15.5 Å². The van der Waals surface area contributed by atoms with Crippen LogP contribution in [-0.4, -0.2) is 68.0 Å². The van der Waals surface area contributed by atoms with Crippen molar-refractivity contribution in [2.24, 2.45) is 4.99 Å². The highest BCUT2D eigenvalue weighted by molar-refractivity contribution is 5.79. The molecule has 1 aliphatic heterocycles. The molecule has 0 aromatic rings. The van der Waals surface area contributed by atoms with Gasteiger partial charge in [-0.2, -0.15) is 0 Å². The molecule has 7 heteroatoms. The number of guanidine groups is 1. The predicted molar refractivity (Wildman–Crippen MR) is 96.4 cm³/mol. The maximum atomic E-state index is 11.9. The first-order chi connectivity index (χ1) is 11.2. The van der Waals surface area contributed by atoms with E-state index in [-0.39, 0.29) is 11.7 Å². The van der Waals surface area contributed by atoms with Crippen LogP contribution in [0.3, 0.4) is 0 Å². The molecule has 1 aliphatic rings. The SMILES string of the molecule is CCNC(=NCC1(C)CCCO1)NCCN(C)C(=O)OC(C)(C)C. The Hall–Kier alpha value is -1.50. The van der Waals surface area contributed by atoms with Gasteiger partial charge in [-0.05, 0) is 47.5 Å². The summed E-state index contributed by atoms with van der Waals surface area (Å²) in [5.74, 6) is 0.742. The van der Waals surface area contributed by atoms with E-state index >= 15 is 0 Å². The molecule has 7 nitrogen and oxygen atoms in total. The summed E-state index contributed by atoms with van der Waals surface area (Å²) in [7, 11) is 1.73. The zero-order valence-corrected chi connectivity index (χ0v) is 16.1. The first-order valence-electron chi connectivity index (χ1n) is 8.75. The van der Waals surface area contributed by atoms with Gasteiger partial charge in [-0.25, -0.2) is 4.79 Å². The fraction of sp³-hybridized carbons (Fsp3) is 0.882. The summed E-state index contributed by atoms with van der Waals surface area (Å²) in [5.41, 5.74) is -0.637. The number of nitrogens with zero attached hydrogens (tertiary/aromatic N) is 2. The molecule has 0 saturated carbocycles. The summed E-state index contributed by atoms with van der Waals surface area (Å²) in [5, 5.41) is 6.46. The Morgan fingerprint density at radius 3 is 2.62 bits per heavy atom. The quantitative estimate of drug-likeness (QED) is 0.570. The zero-order chi connectivity index (χ0) is 18.2. The van der Waals surface area contributed by atoms with Gasteiger partial charge >= 0.3 is 6.09 Å². The Balaban J connectivity index is 2.41. The van der Waals surface area contributed by atoms with E-state index in [1.165, 1.54) is 0 Å². The second-order valence-corrected chi connectivity index (χ2v) is 7.43. The Labute approximate surface area is 146 Å². The average molecular weight is 342 g/mol. The normalized spacial score (nSPS) is 21.5. The second kappa shape index (κ2) is 9.11. The fourth-order valence-corrected chi connectivity index (χ4v) is 2.32. The van der Waals surface area contributed by atoms with Crippen LogP contribution in [0, 0.1) is 0 Å². The third-order valence-electron chi connectivity index (χ3n) is 3.66. The molecule has 0 radical (unpaired) electrons. The fourth-order valence-electron chi connectivity index (χ4n) is 2.32. The van der Waals surface area contributed by atoms with Crippen LogP contribution in [-0.2, 0) is 9.47 Å². The van der Waals surface area contributed by atoms with E-state index in [9.17, 15) is 4.79 Å². The number of ether oxygens (including phenoxy) is 2. The number of hydrogen-bond acceptors (Lipinski definition) is 4. The van der Waals surface area contributed by atoms with E-state index in [1.54, 1.807) is 11.9 Å². The van der Waals surface area contributed by atoms with Crippen LogP contribution in [0.1, 0.15) is 47.5 Å². The lowest BCUT2D eigenvalue weighted by molar-refractivity contribution is 0.0283. The summed E-state index contributed by atoms with van der Waals surface area (Å²) in [4.78, 5) is 18.1. The summed E-state index contributed by atoms with van der Waals surface area (Å²) in [6.45, 7) is 13.1. The molecule has 1 amide bonds. The van der Waals surface area contributed by atoms with Gasteiger partial charge in [0.15, 0.2) is 5.96 Å². The maximum Gasteiger partial charge on any atom is 0.410 e. The van der Waals surface area contributed by atoms with E-state index in [2.05, 4.69) is 22.5 Å². The smallest absolute Gasteiger partial charge is 0.410 e. The third-order valence-corrected chi connectivity index (χ3v) is 3.66. The lowest BCUT2D eigenvalue weighted by Gasteiger charge is -2.25. The predicted octanol–water partition coefficient (Wildman–Crippen LogP) is 1.98. The molecular weight excluding hydrogens is 308 g/mol. The van der Waals surface area contributed by atoms with E-state index in [0.29, 0.717) is 19.6 Å². The minimum Gasteiger partial charge on any atom is -0.444 e. The molecule has 2 N–H and O–H groups in total. The van der Waals surface area contributed by atoms with Crippen LogP contribution in [0.5, 0.6) is 0 Å². The Morgan fingerprint density at radius 1 is 1.38 bits per heavy atom. The first-order valence-corrected chi connectivity index (χ1v) is 8.75. The van der Waals surface area contributed by atoms with Crippen LogP contribution in [0.4, 0.5) is 4.79 Å². The monoisotopic (exact) mass is 342 g/mol. The molecule has 0 spiro atoms. The lowest BCUT2D eigenvalue weighted by Crippen LogP contribution is -2.43. The summed E-state index contributed by atoms with van der Waals surface area (Å²) >= 11 is 0. The highest BCUT2D eigenvalue weighted by Gasteiger charge is 2.29. The molecule has 1 atom stereocenters. The van der Waals surface area contributed by atoms with Gasteiger partial charge < -0.3 is 25.0 Å². The zero-order valence-electron chi connectivity index (χ0n) is 16.1. The van der Waals surface area contributed by atoms with Crippen molar-refractivity contribution in [2.45, 2.75) is 58.7 Å². The second-order valence-electron chi connectivity index (χ2n) is 7.43. The number of carbonyl (C=O) groups is 1. The standard InChI is InChI=1S/C17H34N4O3/c1-7-18-14(20-13-17(5)9-8-12-23-17)19-10-11-21(6)15(22)24-16(2,3)4/h7-13H2,1-6H3,(H2,18,19,20). The molecule has 0 aromatic carbocycles. The minimum absolute atomic E-state index is 0.157.